The molecule has 1 aromatic carbocycles. The standard InChI is InChI=1S/C15H12N2O4S2/c1-23(19,20)12-4-2-11(3-5-12)16-14(18)13-9-22-15(17-13)10-6-7-21-8-10/h2-9H,1H3,(H,16,18). The zero-order valence-corrected chi connectivity index (χ0v) is 13.6. The Balaban J connectivity index is 1.74. The number of aromatic nitrogens is 1. The van der Waals surface area contributed by atoms with Gasteiger partial charge in [0.2, 0.25) is 0 Å². The Morgan fingerprint density at radius 2 is 1.96 bits per heavy atom. The molecule has 0 unspecified atom stereocenters. The smallest absolute Gasteiger partial charge is 0.275 e. The molecular formula is C15H12N2O4S2. The first kappa shape index (κ1) is 15.4. The summed E-state index contributed by atoms with van der Waals surface area (Å²) in [7, 11) is -3.25. The number of rotatable bonds is 4. The quantitative estimate of drug-likeness (QED) is 0.783. The molecule has 3 rings (SSSR count). The molecule has 6 nitrogen and oxygen atoms in total. The van der Waals surface area contributed by atoms with E-state index >= 15 is 0 Å². The second-order valence-corrected chi connectivity index (χ2v) is 7.67. The van der Waals surface area contributed by atoms with Gasteiger partial charge < -0.3 is 9.73 Å². The Hall–Kier alpha value is -2.45. The summed E-state index contributed by atoms with van der Waals surface area (Å²) in [5.41, 5.74) is 1.60. The van der Waals surface area contributed by atoms with E-state index in [1.165, 1.54) is 35.6 Å². The highest BCUT2D eigenvalue weighted by molar-refractivity contribution is 7.90. The third-order valence-corrected chi connectivity index (χ3v) is 5.07. The molecule has 0 aliphatic rings. The molecule has 0 atom stereocenters. The topological polar surface area (TPSA) is 89.3 Å². The molecule has 2 aromatic heterocycles. The van der Waals surface area contributed by atoms with Gasteiger partial charge in [-0.2, -0.15) is 0 Å². The van der Waals surface area contributed by atoms with Crippen molar-refractivity contribution < 1.29 is 17.6 Å². The number of hydrogen-bond acceptors (Lipinski definition) is 6. The minimum Gasteiger partial charge on any atom is -0.472 e. The van der Waals surface area contributed by atoms with Crippen LogP contribution in [0.3, 0.4) is 0 Å². The second kappa shape index (κ2) is 5.98. The van der Waals surface area contributed by atoms with Crippen molar-refractivity contribution in [2.75, 3.05) is 11.6 Å². The summed E-state index contributed by atoms with van der Waals surface area (Å²) in [5, 5.41) is 5.03. The van der Waals surface area contributed by atoms with Gasteiger partial charge in [0.25, 0.3) is 5.91 Å². The Kier molecular flexibility index (Phi) is 4.01. The molecule has 3 aromatic rings. The first-order valence-corrected chi connectivity index (χ1v) is 9.30. The summed E-state index contributed by atoms with van der Waals surface area (Å²) in [5.74, 6) is -0.358. The number of carbonyl (C=O) groups excluding carboxylic acids is 1. The Morgan fingerprint density at radius 1 is 1.22 bits per heavy atom. The minimum absolute atomic E-state index is 0.200. The SMILES string of the molecule is CS(=O)(=O)c1ccc(NC(=O)c2csc(-c3ccoc3)n2)cc1. The van der Waals surface area contributed by atoms with Crippen LogP contribution in [-0.4, -0.2) is 25.6 Å². The zero-order chi connectivity index (χ0) is 16.4. The molecule has 0 bridgehead atoms. The van der Waals surface area contributed by atoms with Crippen LogP contribution in [-0.2, 0) is 9.84 Å². The summed E-state index contributed by atoms with van der Waals surface area (Å²) >= 11 is 1.34. The highest BCUT2D eigenvalue weighted by atomic mass is 32.2. The molecular weight excluding hydrogens is 336 g/mol. The molecule has 118 valence electrons. The van der Waals surface area contributed by atoms with Gasteiger partial charge in [0.1, 0.15) is 17.0 Å². The third kappa shape index (κ3) is 3.49. The van der Waals surface area contributed by atoms with Crippen molar-refractivity contribution in [3.63, 3.8) is 0 Å². The van der Waals surface area contributed by atoms with E-state index < -0.39 is 9.84 Å². The lowest BCUT2D eigenvalue weighted by molar-refractivity contribution is 0.102. The maximum absolute atomic E-state index is 12.2. The van der Waals surface area contributed by atoms with Crippen LogP contribution in [0.1, 0.15) is 10.5 Å². The van der Waals surface area contributed by atoms with E-state index in [0.29, 0.717) is 16.4 Å². The van der Waals surface area contributed by atoms with Crippen molar-refractivity contribution in [2.24, 2.45) is 0 Å². The number of sulfone groups is 1. The van der Waals surface area contributed by atoms with Crippen LogP contribution in [0.4, 0.5) is 5.69 Å². The highest BCUT2D eigenvalue weighted by Gasteiger charge is 2.13. The van der Waals surface area contributed by atoms with Gasteiger partial charge in [0.05, 0.1) is 11.2 Å². The zero-order valence-electron chi connectivity index (χ0n) is 12.0. The lowest BCUT2D eigenvalue weighted by Gasteiger charge is -2.04. The number of furan rings is 1. The van der Waals surface area contributed by atoms with Gasteiger partial charge in [-0.25, -0.2) is 13.4 Å². The summed E-state index contributed by atoms with van der Waals surface area (Å²) in [6, 6.07) is 7.74. The van der Waals surface area contributed by atoms with Crippen LogP contribution >= 0.6 is 11.3 Å². The number of hydrogen-bond donors (Lipinski definition) is 1. The fourth-order valence-corrected chi connectivity index (χ4v) is 3.29. The molecule has 2 heterocycles. The van der Waals surface area contributed by atoms with Crippen molar-refractivity contribution in [1.82, 2.24) is 4.98 Å². The van der Waals surface area contributed by atoms with E-state index in [9.17, 15) is 13.2 Å². The molecule has 8 heteroatoms. The fourth-order valence-electron chi connectivity index (χ4n) is 1.88. The Labute approximate surface area is 136 Å². The summed E-state index contributed by atoms with van der Waals surface area (Å²) < 4.78 is 27.8. The minimum atomic E-state index is -3.25. The summed E-state index contributed by atoms with van der Waals surface area (Å²) in [6.07, 6.45) is 4.23. The fraction of sp³-hybridized carbons (Fsp3) is 0.0667. The van der Waals surface area contributed by atoms with Gasteiger partial charge >= 0.3 is 0 Å². The van der Waals surface area contributed by atoms with Crippen molar-refractivity contribution in [2.45, 2.75) is 4.90 Å². The molecule has 0 saturated heterocycles. The maximum atomic E-state index is 12.2. The summed E-state index contributed by atoms with van der Waals surface area (Å²) in [4.78, 5) is 16.6. The molecule has 1 amide bonds. The Morgan fingerprint density at radius 3 is 2.57 bits per heavy atom. The predicted octanol–water partition coefficient (Wildman–Crippen LogP) is 3.06. The van der Waals surface area contributed by atoms with Crippen LogP contribution in [0, 0.1) is 0 Å². The van der Waals surface area contributed by atoms with E-state index in [1.807, 2.05) is 0 Å². The third-order valence-electron chi connectivity index (χ3n) is 3.05. The number of anilines is 1. The average Bonchev–Trinajstić information content (AvgIpc) is 3.18. The van der Waals surface area contributed by atoms with Crippen molar-refractivity contribution in [3.05, 3.63) is 53.9 Å². The van der Waals surface area contributed by atoms with Gasteiger partial charge in [-0.15, -0.1) is 11.3 Å². The molecule has 0 aliphatic heterocycles. The van der Waals surface area contributed by atoms with Crippen LogP contribution < -0.4 is 5.32 Å². The lowest BCUT2D eigenvalue weighted by Crippen LogP contribution is -2.12. The number of benzene rings is 1. The van der Waals surface area contributed by atoms with Crippen molar-refractivity contribution in [3.8, 4) is 10.6 Å². The van der Waals surface area contributed by atoms with E-state index in [4.69, 9.17) is 4.42 Å². The van der Waals surface area contributed by atoms with Crippen LogP contribution in [0.25, 0.3) is 10.6 Å². The number of nitrogens with one attached hydrogen (secondary N) is 1. The van der Waals surface area contributed by atoms with E-state index in [0.717, 1.165) is 11.8 Å². The first-order chi connectivity index (χ1) is 10.9. The number of nitrogens with zero attached hydrogens (tertiary/aromatic N) is 1. The number of amides is 1. The molecule has 0 fully saturated rings. The van der Waals surface area contributed by atoms with Crippen LogP contribution in [0.15, 0.2) is 57.6 Å². The number of carbonyl (C=O) groups is 1. The first-order valence-electron chi connectivity index (χ1n) is 6.53. The van der Waals surface area contributed by atoms with Crippen molar-refractivity contribution >= 4 is 32.8 Å². The van der Waals surface area contributed by atoms with Gasteiger partial charge in [-0.1, -0.05) is 0 Å². The number of thiazole rings is 1. The van der Waals surface area contributed by atoms with Gasteiger partial charge in [0, 0.05) is 22.9 Å². The normalized spacial score (nSPS) is 11.3. The highest BCUT2D eigenvalue weighted by Crippen LogP contribution is 2.24. The van der Waals surface area contributed by atoms with Gasteiger partial charge in [-0.05, 0) is 30.3 Å². The maximum Gasteiger partial charge on any atom is 0.275 e. The van der Waals surface area contributed by atoms with E-state index in [-0.39, 0.29) is 10.8 Å². The van der Waals surface area contributed by atoms with E-state index in [1.54, 1.807) is 24.0 Å². The van der Waals surface area contributed by atoms with Crippen molar-refractivity contribution in [1.29, 1.82) is 0 Å². The monoisotopic (exact) mass is 348 g/mol. The summed E-state index contributed by atoms with van der Waals surface area (Å²) in [6.45, 7) is 0. The second-order valence-electron chi connectivity index (χ2n) is 4.80. The average molecular weight is 348 g/mol. The van der Waals surface area contributed by atoms with E-state index in [2.05, 4.69) is 10.3 Å². The van der Waals surface area contributed by atoms with Gasteiger partial charge in [0.15, 0.2) is 9.84 Å². The largest absolute Gasteiger partial charge is 0.472 e. The molecule has 0 aliphatic carbocycles. The van der Waals surface area contributed by atoms with Crippen LogP contribution in [0.2, 0.25) is 0 Å². The molecule has 23 heavy (non-hydrogen) atoms. The Bertz CT molecular complexity index is 926. The molecule has 0 saturated carbocycles. The molecule has 0 spiro atoms. The van der Waals surface area contributed by atoms with Gasteiger partial charge in [-0.3, -0.25) is 4.79 Å². The van der Waals surface area contributed by atoms with Crippen LogP contribution in [0.5, 0.6) is 0 Å². The molecule has 1 N–H and O–H groups in total. The molecule has 0 radical (unpaired) electrons. The lowest BCUT2D eigenvalue weighted by atomic mass is 10.3. The predicted molar refractivity (Wildman–Crippen MR) is 87.3 cm³/mol.